The minimum absolute atomic E-state index is 0.105. The summed E-state index contributed by atoms with van der Waals surface area (Å²) in [6, 6.07) is 0. The van der Waals surface area contributed by atoms with Crippen molar-refractivity contribution in [2.45, 2.75) is 20.8 Å². The quantitative estimate of drug-likeness (QED) is 0.291. The van der Waals surface area contributed by atoms with E-state index in [4.69, 9.17) is 10.9 Å². The summed E-state index contributed by atoms with van der Waals surface area (Å²) in [4.78, 5) is 2.19. The highest BCUT2D eigenvalue weighted by molar-refractivity contribution is 5.82. The lowest BCUT2D eigenvalue weighted by atomic mass is 10.1. The second-order valence-electron chi connectivity index (χ2n) is 4.04. The van der Waals surface area contributed by atoms with Crippen LogP contribution in [-0.2, 0) is 0 Å². The van der Waals surface area contributed by atoms with Gasteiger partial charge in [0.05, 0.1) is 0 Å². The highest BCUT2D eigenvalue weighted by atomic mass is 16.4. The maximum Gasteiger partial charge on any atom is 0.143 e. The number of hydrogen-bond donors (Lipinski definition) is 2. The van der Waals surface area contributed by atoms with Crippen molar-refractivity contribution in [1.29, 1.82) is 0 Å². The van der Waals surface area contributed by atoms with Crippen molar-refractivity contribution in [3.8, 4) is 0 Å². The summed E-state index contributed by atoms with van der Waals surface area (Å²) in [7, 11) is 2.04. The number of amidine groups is 1. The zero-order chi connectivity index (χ0) is 10.4. The first-order valence-electron chi connectivity index (χ1n) is 4.63. The fourth-order valence-electron chi connectivity index (χ4n) is 1.36. The summed E-state index contributed by atoms with van der Waals surface area (Å²) in [5.41, 5.74) is 5.47. The molecule has 0 heterocycles. The molecule has 1 unspecified atom stereocenters. The van der Waals surface area contributed by atoms with Crippen molar-refractivity contribution in [2.75, 3.05) is 20.1 Å². The van der Waals surface area contributed by atoms with E-state index in [-0.39, 0.29) is 5.92 Å². The Bertz CT molecular complexity index is 168. The summed E-state index contributed by atoms with van der Waals surface area (Å²) >= 11 is 0. The number of hydrogen-bond acceptors (Lipinski definition) is 3. The Morgan fingerprint density at radius 1 is 1.38 bits per heavy atom. The lowest BCUT2D eigenvalue weighted by molar-refractivity contribution is 0.272. The lowest BCUT2D eigenvalue weighted by Gasteiger charge is -2.22. The molecule has 0 saturated heterocycles. The molecule has 1 atom stereocenters. The number of oxime groups is 1. The molecule has 0 bridgehead atoms. The van der Waals surface area contributed by atoms with E-state index in [1.165, 1.54) is 0 Å². The largest absolute Gasteiger partial charge is 0.409 e. The van der Waals surface area contributed by atoms with Crippen LogP contribution in [0.25, 0.3) is 0 Å². The van der Waals surface area contributed by atoms with E-state index in [1.807, 2.05) is 14.0 Å². The molecule has 78 valence electrons. The van der Waals surface area contributed by atoms with E-state index in [0.29, 0.717) is 11.8 Å². The summed E-state index contributed by atoms with van der Waals surface area (Å²) in [5.74, 6) is 1.05. The molecular formula is C9H21N3O. The zero-order valence-electron chi connectivity index (χ0n) is 8.99. The van der Waals surface area contributed by atoms with Gasteiger partial charge in [0.15, 0.2) is 0 Å². The maximum absolute atomic E-state index is 8.44. The zero-order valence-corrected chi connectivity index (χ0v) is 8.99. The first kappa shape index (κ1) is 12.2. The summed E-state index contributed by atoms with van der Waals surface area (Å²) in [6.45, 7) is 8.15. The topological polar surface area (TPSA) is 61.8 Å². The molecule has 0 aromatic rings. The second-order valence-corrected chi connectivity index (χ2v) is 4.04. The molecule has 13 heavy (non-hydrogen) atoms. The van der Waals surface area contributed by atoms with Crippen LogP contribution >= 0.6 is 0 Å². The highest BCUT2D eigenvalue weighted by Crippen LogP contribution is 2.01. The van der Waals surface area contributed by atoms with Crippen LogP contribution in [0.4, 0.5) is 0 Å². The SMILES string of the molecule is CC(C)CN(C)CC(C)/C(N)=N/O. The van der Waals surface area contributed by atoms with Crippen LogP contribution in [-0.4, -0.2) is 36.1 Å². The van der Waals surface area contributed by atoms with Gasteiger partial charge in [0, 0.05) is 19.0 Å². The van der Waals surface area contributed by atoms with Gasteiger partial charge in [-0.05, 0) is 13.0 Å². The van der Waals surface area contributed by atoms with Gasteiger partial charge in [-0.1, -0.05) is 25.9 Å². The van der Waals surface area contributed by atoms with Gasteiger partial charge in [0.2, 0.25) is 0 Å². The molecule has 3 N–H and O–H groups in total. The van der Waals surface area contributed by atoms with E-state index in [0.717, 1.165) is 13.1 Å². The van der Waals surface area contributed by atoms with Crippen molar-refractivity contribution < 1.29 is 5.21 Å². The predicted molar refractivity (Wildman–Crippen MR) is 54.9 cm³/mol. The Kier molecular flexibility index (Phi) is 5.46. The van der Waals surface area contributed by atoms with E-state index < -0.39 is 0 Å². The first-order valence-corrected chi connectivity index (χ1v) is 4.63. The Morgan fingerprint density at radius 2 is 1.92 bits per heavy atom. The summed E-state index contributed by atoms with van der Waals surface area (Å²) in [6.07, 6.45) is 0. The van der Waals surface area contributed by atoms with Gasteiger partial charge in [-0.3, -0.25) is 0 Å². The van der Waals surface area contributed by atoms with Gasteiger partial charge in [0.1, 0.15) is 5.84 Å². The fourth-order valence-corrected chi connectivity index (χ4v) is 1.36. The monoisotopic (exact) mass is 187 g/mol. The second kappa shape index (κ2) is 5.80. The van der Waals surface area contributed by atoms with Crippen molar-refractivity contribution in [2.24, 2.45) is 22.7 Å². The van der Waals surface area contributed by atoms with E-state index >= 15 is 0 Å². The minimum Gasteiger partial charge on any atom is -0.409 e. The van der Waals surface area contributed by atoms with Gasteiger partial charge in [-0.25, -0.2) is 0 Å². The Labute approximate surface area is 80.4 Å². The molecule has 4 nitrogen and oxygen atoms in total. The molecule has 0 radical (unpaired) electrons. The van der Waals surface area contributed by atoms with E-state index in [1.54, 1.807) is 0 Å². The van der Waals surface area contributed by atoms with Crippen molar-refractivity contribution in [3.63, 3.8) is 0 Å². The molecule has 0 aromatic carbocycles. The first-order chi connectivity index (χ1) is 5.97. The Balaban J connectivity index is 3.84. The molecule has 0 saturated carbocycles. The van der Waals surface area contributed by atoms with Crippen LogP contribution in [0.3, 0.4) is 0 Å². The molecule has 0 amide bonds. The van der Waals surface area contributed by atoms with Gasteiger partial charge < -0.3 is 15.8 Å². The molecule has 4 heteroatoms. The van der Waals surface area contributed by atoms with Crippen molar-refractivity contribution in [3.05, 3.63) is 0 Å². The number of rotatable bonds is 5. The highest BCUT2D eigenvalue weighted by Gasteiger charge is 2.11. The fraction of sp³-hybridized carbons (Fsp3) is 0.889. The molecule has 0 aliphatic carbocycles. The summed E-state index contributed by atoms with van der Waals surface area (Å²) in [5, 5.41) is 11.4. The normalized spacial score (nSPS) is 15.4. The smallest absolute Gasteiger partial charge is 0.143 e. The average molecular weight is 187 g/mol. The van der Waals surface area contributed by atoms with Gasteiger partial charge >= 0.3 is 0 Å². The molecule has 0 aliphatic heterocycles. The average Bonchev–Trinajstić information content (AvgIpc) is 2.01. The third-order valence-corrected chi connectivity index (χ3v) is 1.88. The molecule has 0 fully saturated rings. The number of nitrogens with zero attached hydrogens (tertiary/aromatic N) is 2. The van der Waals surface area contributed by atoms with Crippen LogP contribution in [0, 0.1) is 11.8 Å². The van der Waals surface area contributed by atoms with Crippen LogP contribution in [0.5, 0.6) is 0 Å². The van der Waals surface area contributed by atoms with Crippen molar-refractivity contribution >= 4 is 5.84 Å². The standard InChI is InChI=1S/C9H21N3O/c1-7(2)5-12(4)6-8(3)9(10)11-13/h7-8,13H,5-6H2,1-4H3,(H2,10,11). The third-order valence-electron chi connectivity index (χ3n) is 1.88. The number of nitrogens with two attached hydrogens (primary N) is 1. The van der Waals surface area contributed by atoms with Gasteiger partial charge in [-0.15, -0.1) is 0 Å². The predicted octanol–water partition coefficient (Wildman–Crippen LogP) is 0.957. The van der Waals surface area contributed by atoms with E-state index in [2.05, 4.69) is 23.9 Å². The van der Waals surface area contributed by atoms with Gasteiger partial charge in [-0.2, -0.15) is 0 Å². The lowest BCUT2D eigenvalue weighted by Crippen LogP contribution is -2.34. The Hall–Kier alpha value is -0.770. The van der Waals surface area contributed by atoms with Crippen molar-refractivity contribution in [1.82, 2.24) is 4.90 Å². The van der Waals surface area contributed by atoms with Gasteiger partial charge in [0.25, 0.3) is 0 Å². The maximum atomic E-state index is 8.44. The minimum atomic E-state index is 0.105. The van der Waals surface area contributed by atoms with Crippen LogP contribution in [0.2, 0.25) is 0 Å². The molecule has 0 aromatic heterocycles. The molecule has 0 aliphatic rings. The molecule has 0 rings (SSSR count). The van der Waals surface area contributed by atoms with Crippen LogP contribution in [0.1, 0.15) is 20.8 Å². The third kappa shape index (κ3) is 5.47. The van der Waals surface area contributed by atoms with Crippen LogP contribution < -0.4 is 5.73 Å². The van der Waals surface area contributed by atoms with E-state index in [9.17, 15) is 0 Å². The molecule has 0 spiro atoms. The molecular weight excluding hydrogens is 166 g/mol. The Morgan fingerprint density at radius 3 is 2.31 bits per heavy atom. The summed E-state index contributed by atoms with van der Waals surface area (Å²) < 4.78 is 0. The van der Waals surface area contributed by atoms with Crippen LogP contribution in [0.15, 0.2) is 5.16 Å².